The van der Waals surface area contributed by atoms with Crippen molar-refractivity contribution in [3.63, 3.8) is 0 Å². The summed E-state index contributed by atoms with van der Waals surface area (Å²) in [7, 11) is 1.69. The smallest absolute Gasteiger partial charge is 0.162 e. The molecule has 1 rings (SSSR count). The highest BCUT2D eigenvalue weighted by Crippen LogP contribution is 2.32. The maximum atomic E-state index is 6.23. The Hall–Kier alpha value is -1.22. The Balaban J connectivity index is 2.83. The fourth-order valence-corrected chi connectivity index (χ4v) is 2.04. The van der Waals surface area contributed by atoms with E-state index in [4.69, 9.17) is 9.47 Å². The molecule has 1 atom stereocenters. The molecule has 1 aromatic carbocycles. The van der Waals surface area contributed by atoms with Gasteiger partial charge >= 0.3 is 0 Å². The number of methoxy groups -OCH3 is 1. The second-order valence-electron chi connectivity index (χ2n) is 5.42. The van der Waals surface area contributed by atoms with E-state index in [1.807, 2.05) is 6.07 Å². The average Bonchev–Trinajstić information content (AvgIpc) is 2.48. The van der Waals surface area contributed by atoms with Crippen LogP contribution in [-0.2, 0) is 6.42 Å². The van der Waals surface area contributed by atoms with Crippen molar-refractivity contribution in [1.29, 1.82) is 0 Å². The molecule has 3 heteroatoms. The summed E-state index contributed by atoms with van der Waals surface area (Å²) in [6.07, 6.45) is 3.08. The number of hydrogen-bond donors (Lipinski definition) is 1. The van der Waals surface area contributed by atoms with Crippen molar-refractivity contribution in [3.8, 4) is 11.5 Å². The molecule has 0 bridgehead atoms. The zero-order chi connectivity index (χ0) is 15.0. The van der Waals surface area contributed by atoms with Gasteiger partial charge in [0.2, 0.25) is 0 Å². The predicted molar refractivity (Wildman–Crippen MR) is 84.9 cm³/mol. The fourth-order valence-electron chi connectivity index (χ4n) is 2.04. The summed E-state index contributed by atoms with van der Waals surface area (Å²) in [4.78, 5) is 0. The SMILES string of the molecule is CCCNCC(C)(CC)Oc1ccc(CC)cc1OC. The van der Waals surface area contributed by atoms with Crippen LogP contribution >= 0.6 is 0 Å². The monoisotopic (exact) mass is 279 g/mol. The molecular formula is C17H29NO2. The van der Waals surface area contributed by atoms with Crippen LogP contribution in [0.5, 0.6) is 11.5 Å². The molecule has 20 heavy (non-hydrogen) atoms. The van der Waals surface area contributed by atoms with Crippen molar-refractivity contribution in [3.05, 3.63) is 23.8 Å². The van der Waals surface area contributed by atoms with Gasteiger partial charge in [-0.25, -0.2) is 0 Å². The lowest BCUT2D eigenvalue weighted by molar-refractivity contribution is 0.0801. The van der Waals surface area contributed by atoms with Crippen molar-refractivity contribution in [2.75, 3.05) is 20.2 Å². The van der Waals surface area contributed by atoms with E-state index in [1.54, 1.807) is 7.11 Å². The van der Waals surface area contributed by atoms with Gasteiger partial charge in [0.25, 0.3) is 0 Å². The van der Waals surface area contributed by atoms with E-state index in [9.17, 15) is 0 Å². The molecule has 0 radical (unpaired) electrons. The predicted octanol–water partition coefficient (Wildman–Crippen LogP) is 3.80. The Labute approximate surface area is 123 Å². The van der Waals surface area contributed by atoms with E-state index in [2.05, 4.69) is 45.1 Å². The van der Waals surface area contributed by atoms with Crippen LogP contribution in [-0.4, -0.2) is 25.8 Å². The van der Waals surface area contributed by atoms with Crippen LogP contribution in [0.15, 0.2) is 18.2 Å². The van der Waals surface area contributed by atoms with Crippen LogP contribution in [0, 0.1) is 0 Å². The molecule has 0 aliphatic carbocycles. The summed E-state index contributed by atoms with van der Waals surface area (Å²) < 4.78 is 11.7. The molecular weight excluding hydrogens is 250 g/mol. The third-order valence-corrected chi connectivity index (χ3v) is 3.67. The first-order valence-electron chi connectivity index (χ1n) is 7.65. The van der Waals surface area contributed by atoms with Gasteiger partial charge in [-0.3, -0.25) is 0 Å². The number of ether oxygens (including phenoxy) is 2. The number of rotatable bonds is 9. The summed E-state index contributed by atoms with van der Waals surface area (Å²) in [5, 5.41) is 3.44. The Bertz CT molecular complexity index is 406. The molecule has 3 nitrogen and oxygen atoms in total. The summed E-state index contributed by atoms with van der Waals surface area (Å²) in [5.74, 6) is 1.65. The van der Waals surface area contributed by atoms with Crippen LogP contribution in [0.25, 0.3) is 0 Å². The Morgan fingerprint density at radius 1 is 1.15 bits per heavy atom. The molecule has 0 aliphatic heterocycles. The van der Waals surface area contributed by atoms with E-state index >= 15 is 0 Å². The van der Waals surface area contributed by atoms with E-state index < -0.39 is 0 Å². The minimum Gasteiger partial charge on any atom is -0.493 e. The van der Waals surface area contributed by atoms with Gasteiger partial charge in [0.05, 0.1) is 7.11 Å². The molecule has 1 N–H and O–H groups in total. The summed E-state index contributed by atoms with van der Waals surface area (Å²) >= 11 is 0. The zero-order valence-corrected chi connectivity index (χ0v) is 13.6. The topological polar surface area (TPSA) is 30.5 Å². The molecule has 0 saturated carbocycles. The lowest BCUT2D eigenvalue weighted by Crippen LogP contribution is -2.42. The van der Waals surface area contributed by atoms with E-state index in [-0.39, 0.29) is 5.60 Å². The van der Waals surface area contributed by atoms with Gasteiger partial charge in [-0.2, -0.15) is 0 Å². The molecule has 0 amide bonds. The minimum absolute atomic E-state index is 0.212. The number of nitrogens with one attached hydrogen (secondary N) is 1. The first-order valence-corrected chi connectivity index (χ1v) is 7.65. The first kappa shape index (κ1) is 16.8. The van der Waals surface area contributed by atoms with Crippen LogP contribution in [0.3, 0.4) is 0 Å². The zero-order valence-electron chi connectivity index (χ0n) is 13.6. The van der Waals surface area contributed by atoms with Gasteiger partial charge in [-0.05, 0) is 50.4 Å². The fraction of sp³-hybridized carbons (Fsp3) is 0.647. The third kappa shape index (κ3) is 4.71. The van der Waals surface area contributed by atoms with Gasteiger partial charge in [0.15, 0.2) is 11.5 Å². The number of hydrogen-bond acceptors (Lipinski definition) is 3. The first-order chi connectivity index (χ1) is 9.58. The van der Waals surface area contributed by atoms with Gasteiger partial charge in [0.1, 0.15) is 5.60 Å². The van der Waals surface area contributed by atoms with Gasteiger partial charge < -0.3 is 14.8 Å². The molecule has 0 spiro atoms. The van der Waals surface area contributed by atoms with Gasteiger partial charge in [-0.1, -0.05) is 26.8 Å². The normalized spacial score (nSPS) is 13.8. The maximum Gasteiger partial charge on any atom is 0.162 e. The number of benzene rings is 1. The summed E-state index contributed by atoms with van der Waals surface area (Å²) in [6.45, 7) is 10.5. The molecule has 1 aromatic rings. The van der Waals surface area contributed by atoms with E-state index in [1.165, 1.54) is 5.56 Å². The van der Waals surface area contributed by atoms with Crippen molar-refractivity contribution >= 4 is 0 Å². The van der Waals surface area contributed by atoms with Gasteiger partial charge in [0, 0.05) is 6.54 Å². The highest BCUT2D eigenvalue weighted by molar-refractivity contribution is 5.43. The van der Waals surface area contributed by atoms with Crippen LogP contribution in [0.1, 0.15) is 46.1 Å². The van der Waals surface area contributed by atoms with E-state index in [0.717, 1.165) is 43.9 Å². The number of aryl methyl sites for hydroxylation is 1. The Morgan fingerprint density at radius 3 is 2.45 bits per heavy atom. The maximum absolute atomic E-state index is 6.23. The van der Waals surface area contributed by atoms with Crippen molar-refractivity contribution < 1.29 is 9.47 Å². The molecule has 114 valence electrons. The Morgan fingerprint density at radius 2 is 1.90 bits per heavy atom. The largest absolute Gasteiger partial charge is 0.493 e. The van der Waals surface area contributed by atoms with Crippen molar-refractivity contribution in [2.24, 2.45) is 0 Å². The molecule has 0 fully saturated rings. The van der Waals surface area contributed by atoms with Crippen LogP contribution in [0.2, 0.25) is 0 Å². The molecule has 0 aromatic heterocycles. The quantitative estimate of drug-likeness (QED) is 0.697. The van der Waals surface area contributed by atoms with Crippen LogP contribution in [0.4, 0.5) is 0 Å². The summed E-state index contributed by atoms with van der Waals surface area (Å²) in [5.41, 5.74) is 1.05. The summed E-state index contributed by atoms with van der Waals surface area (Å²) in [6, 6.07) is 6.18. The highest BCUT2D eigenvalue weighted by atomic mass is 16.5. The average molecular weight is 279 g/mol. The third-order valence-electron chi connectivity index (χ3n) is 3.67. The molecule has 0 aliphatic rings. The second-order valence-corrected chi connectivity index (χ2v) is 5.42. The minimum atomic E-state index is -0.212. The standard InChI is InChI=1S/C17H29NO2/c1-6-11-18-13-17(4,8-3)20-15-10-9-14(7-2)12-16(15)19-5/h9-10,12,18H,6-8,11,13H2,1-5H3. The van der Waals surface area contributed by atoms with Crippen molar-refractivity contribution in [1.82, 2.24) is 5.32 Å². The lowest BCUT2D eigenvalue weighted by atomic mass is 10.0. The Kier molecular flexibility index (Phi) is 6.86. The molecule has 0 heterocycles. The van der Waals surface area contributed by atoms with Crippen LogP contribution < -0.4 is 14.8 Å². The van der Waals surface area contributed by atoms with E-state index in [0.29, 0.717) is 0 Å². The van der Waals surface area contributed by atoms with Gasteiger partial charge in [-0.15, -0.1) is 0 Å². The van der Waals surface area contributed by atoms with Crippen molar-refractivity contribution in [2.45, 2.75) is 52.6 Å². The highest BCUT2D eigenvalue weighted by Gasteiger charge is 2.25. The molecule has 0 saturated heterocycles. The molecule has 1 unspecified atom stereocenters. The lowest BCUT2D eigenvalue weighted by Gasteiger charge is -2.30. The second kappa shape index (κ2) is 8.15.